The molecule has 0 saturated heterocycles. The van der Waals surface area contributed by atoms with Gasteiger partial charge in [0.05, 0.1) is 30.1 Å². The lowest BCUT2D eigenvalue weighted by atomic mass is 10.0. The van der Waals surface area contributed by atoms with Gasteiger partial charge < -0.3 is 4.98 Å². The smallest absolute Gasteiger partial charge is 0.197 e. The summed E-state index contributed by atoms with van der Waals surface area (Å²) in [6.07, 6.45) is 3.06. The molecule has 8 heteroatoms. The van der Waals surface area contributed by atoms with Crippen molar-refractivity contribution >= 4 is 69.6 Å². The van der Waals surface area contributed by atoms with E-state index in [9.17, 15) is 4.79 Å². The number of aromatic nitrogens is 1. The summed E-state index contributed by atoms with van der Waals surface area (Å²) < 4.78 is 0. The molecule has 25 heavy (non-hydrogen) atoms. The van der Waals surface area contributed by atoms with Crippen molar-refractivity contribution in [2.75, 3.05) is 0 Å². The highest BCUT2D eigenvalue weighted by atomic mass is 35.5. The molecular weight excluding hydrogens is 447 g/mol. The van der Waals surface area contributed by atoms with Crippen LogP contribution in [0.1, 0.15) is 0 Å². The molecule has 2 nitrogen and oxygen atoms in total. The van der Waals surface area contributed by atoms with Crippen LogP contribution in [0, 0.1) is 0 Å². The molecule has 0 spiro atoms. The SMILES string of the molecule is O=c1c(-c2ccc(Cl)c(Cl)c2Cl)c[nH]cc1-c1ccc(Cl)c(Cl)c1Cl. The number of benzene rings is 2. The summed E-state index contributed by atoms with van der Waals surface area (Å²) in [4.78, 5) is 15.9. The zero-order valence-electron chi connectivity index (χ0n) is 12.1. The zero-order valence-corrected chi connectivity index (χ0v) is 16.7. The van der Waals surface area contributed by atoms with Crippen LogP contribution in [0.3, 0.4) is 0 Å². The Morgan fingerprint density at radius 2 is 0.960 bits per heavy atom. The molecule has 0 bridgehead atoms. The first-order valence-electron chi connectivity index (χ1n) is 6.81. The molecule has 128 valence electrons. The molecule has 0 atom stereocenters. The van der Waals surface area contributed by atoms with Crippen LogP contribution in [0.25, 0.3) is 22.3 Å². The topological polar surface area (TPSA) is 32.9 Å². The van der Waals surface area contributed by atoms with E-state index >= 15 is 0 Å². The van der Waals surface area contributed by atoms with Crippen LogP contribution in [0.2, 0.25) is 30.1 Å². The third kappa shape index (κ3) is 3.40. The van der Waals surface area contributed by atoms with Crippen LogP contribution >= 0.6 is 69.6 Å². The van der Waals surface area contributed by atoms with Crippen LogP contribution in [0.5, 0.6) is 0 Å². The van der Waals surface area contributed by atoms with E-state index in [-0.39, 0.29) is 25.5 Å². The van der Waals surface area contributed by atoms with E-state index in [1.54, 1.807) is 24.3 Å². The van der Waals surface area contributed by atoms with Crippen molar-refractivity contribution in [1.29, 1.82) is 0 Å². The minimum absolute atomic E-state index is 0.179. The number of rotatable bonds is 2. The zero-order chi connectivity index (χ0) is 18.3. The number of nitrogens with one attached hydrogen (secondary N) is 1. The Balaban J connectivity index is 2.26. The second-order valence-corrected chi connectivity index (χ2v) is 7.38. The second-order valence-electron chi connectivity index (χ2n) is 5.06. The predicted molar refractivity (Wildman–Crippen MR) is 108 cm³/mol. The third-order valence-electron chi connectivity index (χ3n) is 3.60. The van der Waals surface area contributed by atoms with E-state index in [1.807, 2.05) is 0 Å². The predicted octanol–water partition coefficient (Wildman–Crippen LogP) is 7.63. The fourth-order valence-corrected chi connectivity index (χ4v) is 3.63. The maximum Gasteiger partial charge on any atom is 0.197 e. The van der Waals surface area contributed by atoms with Crippen molar-refractivity contribution in [2.24, 2.45) is 0 Å². The van der Waals surface area contributed by atoms with Crippen LogP contribution in [-0.4, -0.2) is 4.98 Å². The first-order valence-corrected chi connectivity index (χ1v) is 9.08. The lowest BCUT2D eigenvalue weighted by molar-refractivity contribution is 1.30. The molecule has 3 rings (SSSR count). The van der Waals surface area contributed by atoms with Gasteiger partial charge in [-0.3, -0.25) is 4.79 Å². The van der Waals surface area contributed by atoms with Gasteiger partial charge in [0, 0.05) is 34.6 Å². The molecule has 0 radical (unpaired) electrons. The number of hydrogen-bond acceptors (Lipinski definition) is 1. The molecule has 0 saturated carbocycles. The van der Waals surface area contributed by atoms with Crippen molar-refractivity contribution < 1.29 is 0 Å². The summed E-state index contributed by atoms with van der Waals surface area (Å²) >= 11 is 36.5. The normalized spacial score (nSPS) is 11.0. The maximum atomic E-state index is 13.0. The Kier molecular flexibility index (Phi) is 5.60. The number of H-pyrrole nitrogens is 1. The Bertz CT molecular complexity index is 965. The van der Waals surface area contributed by atoms with Gasteiger partial charge in [-0.2, -0.15) is 0 Å². The average molecular weight is 454 g/mol. The molecule has 1 heterocycles. The van der Waals surface area contributed by atoms with Gasteiger partial charge in [0.15, 0.2) is 5.43 Å². The van der Waals surface area contributed by atoms with E-state index < -0.39 is 0 Å². The van der Waals surface area contributed by atoms with Crippen LogP contribution in [0.4, 0.5) is 0 Å². The Hall–Kier alpha value is -0.870. The molecule has 0 aliphatic rings. The van der Waals surface area contributed by atoms with Gasteiger partial charge in [0.1, 0.15) is 0 Å². The summed E-state index contributed by atoms with van der Waals surface area (Å²) in [6.45, 7) is 0. The van der Waals surface area contributed by atoms with Crippen molar-refractivity contribution in [1.82, 2.24) is 4.98 Å². The summed E-state index contributed by atoms with van der Waals surface area (Å²) in [5, 5.41) is 1.34. The minimum Gasteiger partial charge on any atom is -0.366 e. The fourth-order valence-electron chi connectivity index (χ4n) is 2.35. The Labute approximate surface area is 173 Å². The highest BCUT2D eigenvalue weighted by Crippen LogP contribution is 2.39. The largest absolute Gasteiger partial charge is 0.366 e. The Morgan fingerprint density at radius 1 is 0.560 bits per heavy atom. The van der Waals surface area contributed by atoms with Crippen molar-refractivity contribution in [3.05, 3.63) is 77.0 Å². The molecular formula is C17H7Cl6NO. The van der Waals surface area contributed by atoms with Gasteiger partial charge >= 0.3 is 0 Å². The molecule has 1 aromatic heterocycles. The maximum absolute atomic E-state index is 13.0. The monoisotopic (exact) mass is 451 g/mol. The van der Waals surface area contributed by atoms with E-state index in [4.69, 9.17) is 69.6 Å². The molecule has 0 aliphatic heterocycles. The van der Waals surface area contributed by atoms with Gasteiger partial charge in [0.25, 0.3) is 0 Å². The summed E-state index contributed by atoms with van der Waals surface area (Å²) in [5.41, 5.74) is 1.26. The van der Waals surface area contributed by atoms with Crippen molar-refractivity contribution in [3.63, 3.8) is 0 Å². The number of halogens is 6. The van der Waals surface area contributed by atoms with E-state index in [0.717, 1.165) is 0 Å². The molecule has 0 unspecified atom stereocenters. The molecule has 0 fully saturated rings. The first-order chi connectivity index (χ1) is 11.8. The van der Waals surface area contributed by atoms with E-state index in [2.05, 4.69) is 4.98 Å². The first kappa shape index (κ1) is 18.9. The molecule has 0 aliphatic carbocycles. The quantitative estimate of drug-likeness (QED) is 0.397. The summed E-state index contributed by atoms with van der Waals surface area (Å²) in [7, 11) is 0. The lowest BCUT2D eigenvalue weighted by Gasteiger charge is -2.10. The third-order valence-corrected chi connectivity index (χ3v) is 6.18. The van der Waals surface area contributed by atoms with Crippen LogP contribution in [0.15, 0.2) is 41.5 Å². The molecule has 3 aromatic rings. The highest BCUT2D eigenvalue weighted by Gasteiger charge is 2.18. The molecule has 1 N–H and O–H groups in total. The van der Waals surface area contributed by atoms with Crippen molar-refractivity contribution in [2.45, 2.75) is 0 Å². The van der Waals surface area contributed by atoms with Crippen LogP contribution < -0.4 is 5.43 Å². The van der Waals surface area contributed by atoms with Gasteiger partial charge in [-0.25, -0.2) is 0 Å². The highest BCUT2D eigenvalue weighted by molar-refractivity contribution is 6.50. The standard InChI is InChI=1S/C17H7Cl6NO/c18-11-3-1-7(13(20)15(11)22)9-5-24-6-10(17(9)25)8-2-4-12(19)16(23)14(8)21/h1-6H,(H,24,25). The average Bonchev–Trinajstić information content (AvgIpc) is 2.59. The Morgan fingerprint density at radius 3 is 1.36 bits per heavy atom. The van der Waals surface area contributed by atoms with Gasteiger partial charge in [-0.1, -0.05) is 81.7 Å². The van der Waals surface area contributed by atoms with Crippen LogP contribution in [-0.2, 0) is 0 Å². The number of aromatic amines is 1. The minimum atomic E-state index is -0.292. The summed E-state index contributed by atoms with van der Waals surface area (Å²) in [5.74, 6) is 0. The molecule has 0 amide bonds. The van der Waals surface area contributed by atoms with Gasteiger partial charge in [-0.05, 0) is 12.1 Å². The summed E-state index contributed by atoms with van der Waals surface area (Å²) in [6, 6.07) is 6.40. The molecule has 2 aromatic carbocycles. The van der Waals surface area contributed by atoms with Gasteiger partial charge in [0.2, 0.25) is 0 Å². The van der Waals surface area contributed by atoms with E-state index in [0.29, 0.717) is 32.3 Å². The number of pyridine rings is 1. The van der Waals surface area contributed by atoms with Gasteiger partial charge in [-0.15, -0.1) is 0 Å². The number of hydrogen-bond donors (Lipinski definition) is 1. The lowest BCUT2D eigenvalue weighted by Crippen LogP contribution is -2.09. The van der Waals surface area contributed by atoms with E-state index in [1.165, 1.54) is 12.4 Å². The van der Waals surface area contributed by atoms with Crippen molar-refractivity contribution in [3.8, 4) is 22.3 Å². The second kappa shape index (κ2) is 7.40. The fraction of sp³-hybridized carbons (Fsp3) is 0.